The third-order valence-corrected chi connectivity index (χ3v) is 6.69. The largest absolute Gasteiger partial charge is 0.337 e. The molecule has 0 radical (unpaired) electrons. The van der Waals surface area contributed by atoms with Crippen molar-refractivity contribution in [1.29, 1.82) is 0 Å². The second kappa shape index (κ2) is 8.45. The van der Waals surface area contributed by atoms with Crippen LogP contribution in [0.3, 0.4) is 0 Å². The molecule has 4 rings (SSSR count). The Morgan fingerprint density at radius 1 is 1.28 bits per heavy atom. The van der Waals surface area contributed by atoms with E-state index >= 15 is 0 Å². The molecule has 2 aromatic heterocycles. The van der Waals surface area contributed by atoms with Crippen molar-refractivity contribution in [2.75, 3.05) is 6.54 Å². The summed E-state index contributed by atoms with van der Waals surface area (Å²) in [5, 5.41) is 0.690. The van der Waals surface area contributed by atoms with Crippen LogP contribution >= 0.6 is 11.3 Å². The number of carbonyl (C=O) groups excluding carboxylic acids is 1. The highest BCUT2D eigenvalue weighted by atomic mass is 32.1. The maximum absolute atomic E-state index is 13.5. The van der Waals surface area contributed by atoms with E-state index in [1.165, 1.54) is 34.3 Å². The molecule has 3 aromatic rings. The fraction of sp³-hybridized carbons (Fsp3) is 0.409. The lowest BCUT2D eigenvalue weighted by Crippen LogP contribution is -2.36. The van der Waals surface area contributed by atoms with Crippen molar-refractivity contribution in [3.63, 3.8) is 0 Å². The van der Waals surface area contributed by atoms with Crippen molar-refractivity contribution < 1.29 is 9.18 Å². The zero-order valence-electron chi connectivity index (χ0n) is 16.5. The van der Waals surface area contributed by atoms with Crippen LogP contribution in [-0.2, 0) is 30.7 Å². The lowest BCUT2D eigenvalue weighted by molar-refractivity contribution is -0.132. The second-order valence-corrected chi connectivity index (χ2v) is 8.54. The number of amides is 1. The molecule has 0 saturated carbocycles. The van der Waals surface area contributed by atoms with Crippen LogP contribution in [0.5, 0.6) is 0 Å². The highest BCUT2D eigenvalue weighted by Gasteiger charge is 2.20. The van der Waals surface area contributed by atoms with E-state index in [0.29, 0.717) is 18.5 Å². The maximum atomic E-state index is 13.5. The molecular weight excluding hydrogens is 389 g/mol. The third kappa shape index (κ3) is 4.10. The Hall–Kier alpha value is -2.54. The molecule has 0 aliphatic heterocycles. The van der Waals surface area contributed by atoms with Crippen LogP contribution in [-0.4, -0.2) is 26.9 Å². The number of rotatable bonds is 5. The average Bonchev–Trinajstić information content (AvgIpc) is 2.90. The van der Waals surface area contributed by atoms with Crippen molar-refractivity contribution in [2.45, 2.75) is 52.1 Å². The molecule has 1 aromatic carbocycles. The average molecular weight is 414 g/mol. The Morgan fingerprint density at radius 3 is 2.90 bits per heavy atom. The van der Waals surface area contributed by atoms with Gasteiger partial charge in [0.05, 0.1) is 11.7 Å². The summed E-state index contributed by atoms with van der Waals surface area (Å²) in [5.74, 6) is -0.503. The van der Waals surface area contributed by atoms with Crippen LogP contribution in [0.2, 0.25) is 0 Å². The van der Waals surface area contributed by atoms with E-state index in [9.17, 15) is 14.0 Å². The van der Waals surface area contributed by atoms with E-state index in [2.05, 4.69) is 4.98 Å². The molecule has 0 N–H and O–H groups in total. The minimum atomic E-state index is -0.324. The van der Waals surface area contributed by atoms with Crippen molar-refractivity contribution in [3.05, 3.63) is 62.8 Å². The number of hydrogen-bond donors (Lipinski definition) is 0. The lowest BCUT2D eigenvalue weighted by Gasteiger charge is -2.21. The Morgan fingerprint density at radius 2 is 2.10 bits per heavy atom. The highest BCUT2D eigenvalue weighted by Crippen LogP contribution is 2.32. The van der Waals surface area contributed by atoms with Gasteiger partial charge in [0.15, 0.2) is 0 Å². The molecule has 0 saturated heterocycles. The molecule has 0 atom stereocenters. The number of benzene rings is 1. The third-order valence-electron chi connectivity index (χ3n) is 5.49. The summed E-state index contributed by atoms with van der Waals surface area (Å²) in [4.78, 5) is 34.1. The van der Waals surface area contributed by atoms with E-state index in [1.807, 2.05) is 6.92 Å². The van der Waals surface area contributed by atoms with E-state index in [4.69, 9.17) is 0 Å². The van der Waals surface area contributed by atoms with Gasteiger partial charge in [0, 0.05) is 18.0 Å². The van der Waals surface area contributed by atoms with Crippen LogP contribution in [0.4, 0.5) is 4.39 Å². The quantitative estimate of drug-likeness (QED) is 0.596. The minimum absolute atomic E-state index is 0.0600. The molecule has 1 aliphatic rings. The Kier molecular flexibility index (Phi) is 5.76. The van der Waals surface area contributed by atoms with E-state index in [1.54, 1.807) is 28.4 Å². The molecule has 0 bridgehead atoms. The molecular formula is C22H24FN3O2S. The predicted molar refractivity (Wildman–Crippen MR) is 113 cm³/mol. The molecule has 1 aliphatic carbocycles. The summed E-state index contributed by atoms with van der Waals surface area (Å²) in [6, 6.07) is 6.23. The monoisotopic (exact) mass is 413 g/mol. The van der Waals surface area contributed by atoms with E-state index < -0.39 is 0 Å². The number of halogens is 1. The summed E-state index contributed by atoms with van der Waals surface area (Å²) in [6.07, 6.45) is 6.81. The van der Waals surface area contributed by atoms with Gasteiger partial charge < -0.3 is 4.90 Å². The molecule has 5 nitrogen and oxygen atoms in total. The van der Waals surface area contributed by atoms with Crippen LogP contribution in [0.15, 0.2) is 35.4 Å². The molecule has 0 spiro atoms. The van der Waals surface area contributed by atoms with Gasteiger partial charge in [-0.25, -0.2) is 9.37 Å². The molecule has 2 heterocycles. The first-order valence-electron chi connectivity index (χ1n) is 10.1. The Bertz CT molecular complexity index is 1110. The highest BCUT2D eigenvalue weighted by molar-refractivity contribution is 7.18. The van der Waals surface area contributed by atoms with Crippen molar-refractivity contribution in [1.82, 2.24) is 14.5 Å². The summed E-state index contributed by atoms with van der Waals surface area (Å²) in [6.45, 7) is 2.61. The number of thiophene rings is 1. The fourth-order valence-corrected chi connectivity index (χ4v) is 5.17. The first-order chi connectivity index (χ1) is 14.1. The van der Waals surface area contributed by atoms with Gasteiger partial charge >= 0.3 is 0 Å². The van der Waals surface area contributed by atoms with Gasteiger partial charge in [-0.3, -0.25) is 14.2 Å². The Labute approximate surface area is 172 Å². The number of fused-ring (bicyclic) bond motifs is 3. The molecule has 1 amide bonds. The molecule has 152 valence electrons. The normalized spacial score (nSPS) is 13.9. The zero-order chi connectivity index (χ0) is 20.4. The molecule has 29 heavy (non-hydrogen) atoms. The standard InChI is InChI=1S/C22H24FN3O2S/c1-2-25(12-15-7-6-8-16(23)11-15)19(27)13-26-14-24-21-20(22(26)28)17-9-4-3-5-10-18(17)29-21/h6-8,11,14H,2-5,9-10,12-13H2,1H3. The van der Waals surface area contributed by atoms with Crippen LogP contribution in [0.25, 0.3) is 10.2 Å². The zero-order valence-corrected chi connectivity index (χ0v) is 17.3. The Balaban J connectivity index is 1.59. The number of hydrogen-bond acceptors (Lipinski definition) is 4. The first kappa shape index (κ1) is 19.8. The van der Waals surface area contributed by atoms with Crippen molar-refractivity contribution >= 4 is 27.5 Å². The molecule has 0 fully saturated rings. The number of nitrogens with zero attached hydrogens (tertiary/aromatic N) is 3. The van der Waals surface area contributed by atoms with Crippen LogP contribution in [0, 0.1) is 5.82 Å². The number of aryl methyl sites for hydroxylation is 2. The smallest absolute Gasteiger partial charge is 0.262 e. The van der Waals surface area contributed by atoms with Crippen molar-refractivity contribution in [3.8, 4) is 0 Å². The maximum Gasteiger partial charge on any atom is 0.262 e. The van der Waals surface area contributed by atoms with Gasteiger partial charge in [-0.1, -0.05) is 18.6 Å². The second-order valence-electron chi connectivity index (χ2n) is 7.46. The SMILES string of the molecule is CCN(Cc1cccc(F)c1)C(=O)Cn1cnc2sc3c(c2c1=O)CCCCC3. The van der Waals surface area contributed by atoms with Gasteiger partial charge in [0.25, 0.3) is 5.56 Å². The fourth-order valence-electron chi connectivity index (χ4n) is 3.95. The van der Waals surface area contributed by atoms with Crippen LogP contribution < -0.4 is 5.56 Å². The predicted octanol–water partition coefficient (Wildman–Crippen LogP) is 3.91. The van der Waals surface area contributed by atoms with Gasteiger partial charge in [0.1, 0.15) is 17.2 Å². The van der Waals surface area contributed by atoms with Crippen LogP contribution in [0.1, 0.15) is 42.2 Å². The van der Waals surface area contributed by atoms with Crippen molar-refractivity contribution in [2.24, 2.45) is 0 Å². The summed E-state index contributed by atoms with van der Waals surface area (Å²) in [5.41, 5.74) is 1.72. The summed E-state index contributed by atoms with van der Waals surface area (Å²) >= 11 is 1.61. The van der Waals surface area contributed by atoms with Gasteiger partial charge in [-0.15, -0.1) is 11.3 Å². The minimum Gasteiger partial charge on any atom is -0.337 e. The molecule has 0 unspecified atom stereocenters. The lowest BCUT2D eigenvalue weighted by atomic mass is 10.1. The summed E-state index contributed by atoms with van der Waals surface area (Å²) in [7, 11) is 0. The van der Waals surface area contributed by atoms with Gasteiger partial charge in [-0.2, -0.15) is 0 Å². The number of aromatic nitrogens is 2. The first-order valence-corrected chi connectivity index (χ1v) is 10.9. The number of carbonyl (C=O) groups is 1. The van der Waals surface area contributed by atoms with E-state index in [-0.39, 0.29) is 23.8 Å². The summed E-state index contributed by atoms with van der Waals surface area (Å²) < 4.78 is 14.9. The van der Waals surface area contributed by atoms with Gasteiger partial charge in [-0.05, 0) is 55.9 Å². The van der Waals surface area contributed by atoms with Gasteiger partial charge in [0.2, 0.25) is 5.91 Å². The van der Waals surface area contributed by atoms with E-state index in [0.717, 1.165) is 41.6 Å². The topological polar surface area (TPSA) is 55.2 Å². The number of likely N-dealkylation sites (N-methyl/N-ethyl adjacent to an activating group) is 1. The molecule has 7 heteroatoms.